The van der Waals surface area contributed by atoms with Gasteiger partial charge in [0.2, 0.25) is 15.9 Å². The second-order valence-electron chi connectivity index (χ2n) is 6.62. The van der Waals surface area contributed by atoms with Gasteiger partial charge in [0.25, 0.3) is 0 Å². The lowest BCUT2D eigenvalue weighted by Gasteiger charge is -2.28. The van der Waals surface area contributed by atoms with Crippen molar-refractivity contribution in [1.82, 2.24) is 0 Å². The molecular weight excluding hydrogens is 380 g/mol. The van der Waals surface area contributed by atoms with Gasteiger partial charge in [0.05, 0.1) is 25.2 Å². The Morgan fingerprint density at radius 2 is 1.68 bits per heavy atom. The van der Waals surface area contributed by atoms with Crippen molar-refractivity contribution in [2.75, 3.05) is 23.0 Å². The number of carbonyl (C=O) groups is 1. The van der Waals surface area contributed by atoms with Gasteiger partial charge in [-0.1, -0.05) is 6.07 Å². The minimum Gasteiger partial charge on any atom is -0.497 e. The largest absolute Gasteiger partial charge is 0.497 e. The molecule has 2 rings (SSSR count). The molecule has 0 bridgehead atoms. The number of amides is 1. The Morgan fingerprint density at radius 1 is 1.04 bits per heavy atom. The van der Waals surface area contributed by atoms with Crippen LogP contribution in [-0.4, -0.2) is 39.8 Å². The molecule has 1 atom stereocenters. The van der Waals surface area contributed by atoms with Crippen LogP contribution >= 0.6 is 0 Å². The molecular formula is C20H26N2O5S. The van der Waals surface area contributed by atoms with Crippen molar-refractivity contribution in [3.05, 3.63) is 48.5 Å². The fourth-order valence-electron chi connectivity index (χ4n) is 2.69. The Labute approximate surface area is 166 Å². The zero-order valence-corrected chi connectivity index (χ0v) is 17.5. The first-order valence-corrected chi connectivity index (χ1v) is 10.7. The number of methoxy groups -OCH3 is 1. The minimum atomic E-state index is -3.70. The molecule has 7 nitrogen and oxygen atoms in total. The van der Waals surface area contributed by atoms with E-state index in [4.69, 9.17) is 9.47 Å². The van der Waals surface area contributed by atoms with Gasteiger partial charge in [-0.15, -0.1) is 0 Å². The van der Waals surface area contributed by atoms with Gasteiger partial charge in [0, 0.05) is 11.8 Å². The van der Waals surface area contributed by atoms with Crippen LogP contribution in [0.4, 0.5) is 11.4 Å². The number of hydrogen-bond donors (Lipinski definition) is 1. The maximum absolute atomic E-state index is 12.7. The van der Waals surface area contributed by atoms with Gasteiger partial charge < -0.3 is 14.8 Å². The van der Waals surface area contributed by atoms with Gasteiger partial charge in [-0.2, -0.15) is 0 Å². The Bertz CT molecular complexity index is 910. The summed E-state index contributed by atoms with van der Waals surface area (Å²) in [6.45, 7) is 5.39. The summed E-state index contributed by atoms with van der Waals surface area (Å²) in [5.41, 5.74) is 0.900. The van der Waals surface area contributed by atoms with Crippen LogP contribution in [0.15, 0.2) is 48.5 Å². The van der Waals surface area contributed by atoms with Gasteiger partial charge in [0.15, 0.2) is 0 Å². The first-order valence-electron chi connectivity index (χ1n) is 8.83. The number of sulfonamides is 1. The number of carbonyl (C=O) groups excluding carboxylic acids is 1. The second kappa shape index (κ2) is 8.97. The van der Waals surface area contributed by atoms with E-state index in [1.165, 1.54) is 14.0 Å². The smallest absolute Gasteiger partial charge is 0.247 e. The topological polar surface area (TPSA) is 84.9 Å². The summed E-state index contributed by atoms with van der Waals surface area (Å²) in [5.74, 6) is 0.737. The standard InChI is InChI=1S/C20H26N2O5S/c1-14(2)27-18-11-9-16(10-12-18)21-20(23)15(3)22(28(5,24)25)17-7-6-8-19(13-17)26-4/h6-15H,1-5H3,(H,21,23)/t15-/m0/s1. The molecule has 0 aromatic heterocycles. The summed E-state index contributed by atoms with van der Waals surface area (Å²) in [6, 6.07) is 12.5. The molecule has 0 unspecified atom stereocenters. The fourth-order valence-corrected chi connectivity index (χ4v) is 3.86. The highest BCUT2D eigenvalue weighted by atomic mass is 32.2. The molecule has 28 heavy (non-hydrogen) atoms. The van der Waals surface area contributed by atoms with E-state index >= 15 is 0 Å². The lowest BCUT2D eigenvalue weighted by molar-refractivity contribution is -0.116. The predicted octanol–water partition coefficient (Wildman–Crippen LogP) is 3.28. The molecule has 8 heteroatoms. The normalized spacial score (nSPS) is 12.4. The summed E-state index contributed by atoms with van der Waals surface area (Å²) in [5, 5.41) is 2.74. The quantitative estimate of drug-likeness (QED) is 0.727. The van der Waals surface area contributed by atoms with E-state index in [-0.39, 0.29) is 6.10 Å². The van der Waals surface area contributed by atoms with E-state index in [0.717, 1.165) is 10.6 Å². The first-order chi connectivity index (χ1) is 13.1. The number of benzene rings is 2. The highest BCUT2D eigenvalue weighted by molar-refractivity contribution is 7.92. The Kier molecular flexibility index (Phi) is 6.90. The third-order valence-corrected chi connectivity index (χ3v) is 5.13. The second-order valence-corrected chi connectivity index (χ2v) is 8.48. The van der Waals surface area contributed by atoms with Crippen molar-refractivity contribution < 1.29 is 22.7 Å². The van der Waals surface area contributed by atoms with Crippen LogP contribution in [0.3, 0.4) is 0 Å². The molecule has 0 aliphatic heterocycles. The molecule has 1 N–H and O–H groups in total. The van der Waals surface area contributed by atoms with E-state index in [9.17, 15) is 13.2 Å². The van der Waals surface area contributed by atoms with Gasteiger partial charge in [-0.25, -0.2) is 8.42 Å². The van der Waals surface area contributed by atoms with E-state index in [2.05, 4.69) is 5.32 Å². The molecule has 0 fully saturated rings. The molecule has 152 valence electrons. The lowest BCUT2D eigenvalue weighted by atomic mass is 10.2. The number of hydrogen-bond acceptors (Lipinski definition) is 5. The average Bonchev–Trinajstić information content (AvgIpc) is 2.62. The molecule has 1 amide bonds. The number of nitrogens with zero attached hydrogens (tertiary/aromatic N) is 1. The Balaban J connectivity index is 2.22. The number of anilines is 2. The number of ether oxygens (including phenoxy) is 2. The summed E-state index contributed by atoms with van der Waals surface area (Å²) < 4.78 is 36.5. The van der Waals surface area contributed by atoms with Crippen molar-refractivity contribution in [2.24, 2.45) is 0 Å². The van der Waals surface area contributed by atoms with Crippen LogP contribution in [0.2, 0.25) is 0 Å². The molecule has 0 saturated carbocycles. The van der Waals surface area contributed by atoms with Crippen LogP contribution in [0.1, 0.15) is 20.8 Å². The molecule has 2 aromatic rings. The minimum absolute atomic E-state index is 0.0478. The van der Waals surface area contributed by atoms with E-state index in [1.54, 1.807) is 48.5 Å². The van der Waals surface area contributed by atoms with Crippen LogP contribution in [0.5, 0.6) is 11.5 Å². The van der Waals surface area contributed by atoms with Gasteiger partial charge in [-0.3, -0.25) is 9.10 Å². The van der Waals surface area contributed by atoms with Gasteiger partial charge in [-0.05, 0) is 57.2 Å². The Hall–Kier alpha value is -2.74. The van der Waals surface area contributed by atoms with Crippen molar-refractivity contribution in [3.63, 3.8) is 0 Å². The van der Waals surface area contributed by atoms with Gasteiger partial charge >= 0.3 is 0 Å². The summed E-state index contributed by atoms with van der Waals surface area (Å²) in [7, 11) is -2.21. The van der Waals surface area contributed by atoms with Crippen molar-refractivity contribution in [1.29, 1.82) is 0 Å². The maximum Gasteiger partial charge on any atom is 0.247 e. The number of nitrogens with one attached hydrogen (secondary N) is 1. The molecule has 0 aliphatic rings. The van der Waals surface area contributed by atoms with Crippen LogP contribution in [0, 0.1) is 0 Å². The molecule has 0 radical (unpaired) electrons. The predicted molar refractivity (Wildman–Crippen MR) is 111 cm³/mol. The van der Waals surface area contributed by atoms with E-state index in [0.29, 0.717) is 22.9 Å². The molecule has 0 heterocycles. The third-order valence-electron chi connectivity index (χ3n) is 3.89. The highest BCUT2D eigenvalue weighted by Crippen LogP contribution is 2.26. The van der Waals surface area contributed by atoms with E-state index < -0.39 is 22.0 Å². The fraction of sp³-hybridized carbons (Fsp3) is 0.350. The molecule has 2 aromatic carbocycles. The average molecular weight is 407 g/mol. The SMILES string of the molecule is COc1cccc(N([C@@H](C)C(=O)Nc2ccc(OC(C)C)cc2)S(C)(=O)=O)c1. The Morgan fingerprint density at radius 3 is 2.21 bits per heavy atom. The highest BCUT2D eigenvalue weighted by Gasteiger charge is 2.29. The number of rotatable bonds is 8. The first kappa shape index (κ1) is 21.6. The summed E-state index contributed by atoms with van der Waals surface area (Å²) >= 11 is 0. The van der Waals surface area contributed by atoms with Gasteiger partial charge in [0.1, 0.15) is 17.5 Å². The molecule has 0 spiro atoms. The van der Waals surface area contributed by atoms with Crippen molar-refractivity contribution in [2.45, 2.75) is 32.9 Å². The monoisotopic (exact) mass is 406 g/mol. The van der Waals surface area contributed by atoms with Crippen molar-refractivity contribution >= 4 is 27.3 Å². The molecule has 0 saturated heterocycles. The zero-order valence-electron chi connectivity index (χ0n) is 16.7. The third kappa shape index (κ3) is 5.63. The van der Waals surface area contributed by atoms with Crippen LogP contribution in [0.25, 0.3) is 0 Å². The summed E-state index contributed by atoms with van der Waals surface area (Å²) in [4.78, 5) is 12.7. The van der Waals surface area contributed by atoms with Crippen molar-refractivity contribution in [3.8, 4) is 11.5 Å². The lowest BCUT2D eigenvalue weighted by Crippen LogP contribution is -2.45. The van der Waals surface area contributed by atoms with Crippen LogP contribution in [-0.2, 0) is 14.8 Å². The summed E-state index contributed by atoms with van der Waals surface area (Å²) in [6.07, 6.45) is 1.11. The van der Waals surface area contributed by atoms with Crippen LogP contribution < -0.4 is 19.1 Å². The zero-order chi connectivity index (χ0) is 20.9. The molecule has 0 aliphatic carbocycles. The van der Waals surface area contributed by atoms with E-state index in [1.807, 2.05) is 13.8 Å². The maximum atomic E-state index is 12.7.